The summed E-state index contributed by atoms with van der Waals surface area (Å²) in [5, 5.41) is 6.62. The molecule has 0 aromatic rings. The standard InChI is InChI=1S/C14H26N2O2/c1-18-13-7-5-12(10-13)16-14(17)8-6-11-4-2-3-9-15-11/h11-13,15H,2-10H2,1H3,(H,16,17). The highest BCUT2D eigenvalue weighted by Crippen LogP contribution is 2.21. The number of methoxy groups -OCH3 is 1. The zero-order valence-corrected chi connectivity index (χ0v) is 11.4. The normalized spacial score (nSPS) is 32.4. The van der Waals surface area contributed by atoms with Crippen LogP contribution in [-0.4, -0.2) is 37.7 Å². The lowest BCUT2D eigenvalue weighted by molar-refractivity contribution is -0.122. The third kappa shape index (κ3) is 4.25. The number of piperidine rings is 1. The molecule has 1 saturated carbocycles. The smallest absolute Gasteiger partial charge is 0.220 e. The number of carbonyl (C=O) groups is 1. The summed E-state index contributed by atoms with van der Waals surface area (Å²) in [5.41, 5.74) is 0. The van der Waals surface area contributed by atoms with Crippen molar-refractivity contribution in [2.75, 3.05) is 13.7 Å². The van der Waals surface area contributed by atoms with E-state index in [0.717, 1.165) is 32.2 Å². The molecule has 104 valence electrons. The van der Waals surface area contributed by atoms with Gasteiger partial charge in [0.25, 0.3) is 0 Å². The molecule has 0 radical (unpaired) electrons. The average Bonchev–Trinajstić information content (AvgIpc) is 2.85. The Hall–Kier alpha value is -0.610. The van der Waals surface area contributed by atoms with E-state index < -0.39 is 0 Å². The molecule has 0 spiro atoms. The van der Waals surface area contributed by atoms with Gasteiger partial charge in [0, 0.05) is 25.6 Å². The van der Waals surface area contributed by atoms with Gasteiger partial charge in [0.05, 0.1) is 6.10 Å². The van der Waals surface area contributed by atoms with Crippen LogP contribution in [0.3, 0.4) is 0 Å². The van der Waals surface area contributed by atoms with Gasteiger partial charge in [-0.15, -0.1) is 0 Å². The van der Waals surface area contributed by atoms with Crippen molar-refractivity contribution in [1.29, 1.82) is 0 Å². The van der Waals surface area contributed by atoms with E-state index in [2.05, 4.69) is 10.6 Å². The maximum Gasteiger partial charge on any atom is 0.220 e. The van der Waals surface area contributed by atoms with E-state index in [4.69, 9.17) is 4.74 Å². The van der Waals surface area contributed by atoms with E-state index in [1.54, 1.807) is 7.11 Å². The monoisotopic (exact) mass is 254 g/mol. The molecule has 0 bridgehead atoms. The first-order valence-corrected chi connectivity index (χ1v) is 7.33. The van der Waals surface area contributed by atoms with Gasteiger partial charge in [-0.25, -0.2) is 0 Å². The van der Waals surface area contributed by atoms with E-state index in [0.29, 0.717) is 24.6 Å². The first kappa shape index (κ1) is 13.8. The molecule has 1 aliphatic heterocycles. The van der Waals surface area contributed by atoms with Gasteiger partial charge >= 0.3 is 0 Å². The fraction of sp³-hybridized carbons (Fsp3) is 0.929. The van der Waals surface area contributed by atoms with Crippen molar-refractivity contribution < 1.29 is 9.53 Å². The van der Waals surface area contributed by atoms with Crippen LogP contribution in [0.4, 0.5) is 0 Å². The fourth-order valence-corrected chi connectivity index (χ4v) is 3.06. The van der Waals surface area contributed by atoms with Crippen LogP contribution >= 0.6 is 0 Å². The van der Waals surface area contributed by atoms with Crippen LogP contribution in [0, 0.1) is 0 Å². The molecular formula is C14H26N2O2. The second-order valence-electron chi connectivity index (χ2n) is 5.62. The van der Waals surface area contributed by atoms with Crippen molar-refractivity contribution in [3.63, 3.8) is 0 Å². The Morgan fingerprint density at radius 2 is 2.22 bits per heavy atom. The average molecular weight is 254 g/mol. The summed E-state index contributed by atoms with van der Waals surface area (Å²) in [4.78, 5) is 11.9. The summed E-state index contributed by atoms with van der Waals surface area (Å²) < 4.78 is 5.32. The summed E-state index contributed by atoms with van der Waals surface area (Å²) in [6, 6.07) is 0.890. The molecule has 1 aliphatic carbocycles. The molecule has 0 aromatic heterocycles. The van der Waals surface area contributed by atoms with Gasteiger partial charge < -0.3 is 15.4 Å². The molecule has 4 nitrogen and oxygen atoms in total. The maximum atomic E-state index is 11.9. The topological polar surface area (TPSA) is 50.4 Å². The van der Waals surface area contributed by atoms with Gasteiger partial charge in [0.1, 0.15) is 0 Å². The highest BCUT2D eigenvalue weighted by atomic mass is 16.5. The number of ether oxygens (including phenoxy) is 1. The SMILES string of the molecule is COC1CCC(NC(=O)CCC2CCCCN2)C1. The predicted octanol–water partition coefficient (Wildman–Crippen LogP) is 1.59. The molecule has 2 aliphatic rings. The largest absolute Gasteiger partial charge is 0.381 e. The van der Waals surface area contributed by atoms with Crippen LogP contribution in [0.1, 0.15) is 51.4 Å². The van der Waals surface area contributed by atoms with Crippen molar-refractivity contribution in [2.24, 2.45) is 0 Å². The summed E-state index contributed by atoms with van der Waals surface area (Å²) in [6.07, 6.45) is 8.90. The van der Waals surface area contributed by atoms with Crippen LogP contribution in [0.15, 0.2) is 0 Å². The van der Waals surface area contributed by atoms with Crippen molar-refractivity contribution in [3.8, 4) is 0 Å². The van der Waals surface area contributed by atoms with E-state index in [1.807, 2.05) is 0 Å². The number of amides is 1. The summed E-state index contributed by atoms with van der Waals surface area (Å²) in [6.45, 7) is 1.12. The lowest BCUT2D eigenvalue weighted by atomic mass is 10.0. The quantitative estimate of drug-likeness (QED) is 0.783. The van der Waals surface area contributed by atoms with E-state index in [-0.39, 0.29) is 5.91 Å². The third-order valence-corrected chi connectivity index (χ3v) is 4.22. The first-order valence-electron chi connectivity index (χ1n) is 7.33. The lowest BCUT2D eigenvalue weighted by Crippen LogP contribution is -2.37. The Morgan fingerprint density at radius 3 is 2.89 bits per heavy atom. The van der Waals surface area contributed by atoms with Gasteiger partial charge in [-0.2, -0.15) is 0 Å². The number of hydrogen-bond acceptors (Lipinski definition) is 3. The Labute approximate surface area is 110 Å². The minimum absolute atomic E-state index is 0.212. The Bertz CT molecular complexity index is 265. The van der Waals surface area contributed by atoms with Crippen LogP contribution in [-0.2, 0) is 9.53 Å². The van der Waals surface area contributed by atoms with E-state index in [1.165, 1.54) is 19.3 Å². The van der Waals surface area contributed by atoms with Crippen molar-refractivity contribution in [2.45, 2.75) is 69.6 Å². The minimum atomic E-state index is 0.212. The Balaban J connectivity index is 1.60. The second-order valence-corrected chi connectivity index (χ2v) is 5.62. The van der Waals surface area contributed by atoms with Crippen LogP contribution in [0.2, 0.25) is 0 Å². The summed E-state index contributed by atoms with van der Waals surface area (Å²) in [7, 11) is 1.75. The number of nitrogens with one attached hydrogen (secondary N) is 2. The summed E-state index contributed by atoms with van der Waals surface area (Å²) >= 11 is 0. The molecule has 1 amide bonds. The van der Waals surface area contributed by atoms with Crippen molar-refractivity contribution in [3.05, 3.63) is 0 Å². The highest BCUT2D eigenvalue weighted by molar-refractivity contribution is 5.76. The molecule has 18 heavy (non-hydrogen) atoms. The molecule has 2 rings (SSSR count). The number of rotatable bonds is 5. The summed E-state index contributed by atoms with van der Waals surface area (Å²) in [5.74, 6) is 0.212. The van der Waals surface area contributed by atoms with Gasteiger partial charge in [0.15, 0.2) is 0 Å². The zero-order valence-electron chi connectivity index (χ0n) is 11.4. The number of carbonyl (C=O) groups excluding carboxylic acids is 1. The van der Waals surface area contributed by atoms with Crippen molar-refractivity contribution >= 4 is 5.91 Å². The van der Waals surface area contributed by atoms with Gasteiger partial charge in [0.2, 0.25) is 5.91 Å². The molecule has 3 unspecified atom stereocenters. The van der Waals surface area contributed by atoms with E-state index in [9.17, 15) is 4.79 Å². The number of hydrogen-bond donors (Lipinski definition) is 2. The third-order valence-electron chi connectivity index (χ3n) is 4.22. The molecule has 0 aromatic carbocycles. The molecule has 2 N–H and O–H groups in total. The van der Waals surface area contributed by atoms with Gasteiger partial charge in [-0.3, -0.25) is 4.79 Å². The van der Waals surface area contributed by atoms with Crippen LogP contribution in [0.25, 0.3) is 0 Å². The molecule has 2 fully saturated rings. The highest BCUT2D eigenvalue weighted by Gasteiger charge is 2.25. The minimum Gasteiger partial charge on any atom is -0.381 e. The molecule has 1 heterocycles. The lowest BCUT2D eigenvalue weighted by Gasteiger charge is -2.23. The maximum absolute atomic E-state index is 11.9. The first-order chi connectivity index (χ1) is 8.78. The predicted molar refractivity (Wildman–Crippen MR) is 71.5 cm³/mol. The van der Waals surface area contributed by atoms with E-state index >= 15 is 0 Å². The van der Waals surface area contributed by atoms with Gasteiger partial charge in [-0.1, -0.05) is 6.42 Å². The van der Waals surface area contributed by atoms with Gasteiger partial charge in [-0.05, 0) is 45.1 Å². The Kier molecular flexibility index (Phi) is 5.45. The Morgan fingerprint density at radius 1 is 1.33 bits per heavy atom. The van der Waals surface area contributed by atoms with Crippen molar-refractivity contribution in [1.82, 2.24) is 10.6 Å². The second kappa shape index (κ2) is 7.10. The zero-order chi connectivity index (χ0) is 12.8. The van der Waals surface area contributed by atoms with Crippen LogP contribution < -0.4 is 10.6 Å². The molecule has 1 saturated heterocycles. The molecular weight excluding hydrogens is 228 g/mol. The molecule has 4 heteroatoms. The fourth-order valence-electron chi connectivity index (χ4n) is 3.06. The van der Waals surface area contributed by atoms with Crippen LogP contribution in [0.5, 0.6) is 0 Å². The molecule has 3 atom stereocenters.